The Hall–Kier alpha value is -7.47. The number of thiophene rings is 1. The van der Waals surface area contributed by atoms with E-state index < -0.39 is 0 Å². The highest BCUT2D eigenvalue weighted by Gasteiger charge is 2.20. The first-order valence-electron chi connectivity index (χ1n) is 19.5. The molecule has 0 saturated carbocycles. The number of aromatic nitrogens is 4. The molecule has 0 aliphatic rings. The maximum atomic E-state index is 5.37. The van der Waals surface area contributed by atoms with Gasteiger partial charge in [0, 0.05) is 59.6 Å². The third-order valence-electron chi connectivity index (χ3n) is 11.4. The molecule has 0 spiro atoms. The van der Waals surface area contributed by atoms with E-state index >= 15 is 0 Å². The van der Waals surface area contributed by atoms with Gasteiger partial charge in [-0.15, -0.1) is 11.3 Å². The molecule has 0 amide bonds. The van der Waals surface area contributed by atoms with Crippen molar-refractivity contribution in [2.45, 2.75) is 0 Å². The average Bonchev–Trinajstić information content (AvgIpc) is 3.86. The Kier molecular flexibility index (Phi) is 7.37. The van der Waals surface area contributed by atoms with Crippen molar-refractivity contribution in [1.29, 1.82) is 0 Å². The first kappa shape index (κ1) is 32.7. The Bertz CT molecular complexity index is 3510. The number of hydrogen-bond donors (Lipinski definition) is 0. The minimum absolute atomic E-state index is 0.682. The highest BCUT2D eigenvalue weighted by Crippen LogP contribution is 2.45. The molecule has 0 unspecified atom stereocenters. The van der Waals surface area contributed by atoms with Crippen molar-refractivity contribution in [3.8, 4) is 50.8 Å². The predicted molar refractivity (Wildman–Crippen MR) is 244 cm³/mol. The number of fused-ring (bicyclic) bond motifs is 9. The second kappa shape index (κ2) is 13.1. The van der Waals surface area contributed by atoms with Crippen LogP contribution in [0.15, 0.2) is 194 Å². The summed E-state index contributed by atoms with van der Waals surface area (Å²) in [4.78, 5) is 15.9. The quantitative estimate of drug-likeness (QED) is 0.176. The minimum Gasteiger partial charge on any atom is -0.309 e. The van der Waals surface area contributed by atoms with Crippen LogP contribution in [-0.4, -0.2) is 19.5 Å². The van der Waals surface area contributed by atoms with Gasteiger partial charge in [0.2, 0.25) is 0 Å². The number of benzene rings is 8. The molecule has 12 aromatic rings. The Balaban J connectivity index is 1.03. The highest BCUT2D eigenvalue weighted by atomic mass is 32.1. The van der Waals surface area contributed by atoms with Crippen molar-refractivity contribution in [2.75, 3.05) is 0 Å². The summed E-state index contributed by atoms with van der Waals surface area (Å²) in [6, 6.07) is 68.8. The van der Waals surface area contributed by atoms with Crippen LogP contribution in [-0.2, 0) is 0 Å². The summed E-state index contributed by atoms with van der Waals surface area (Å²) in [5, 5.41) is 8.47. The maximum Gasteiger partial charge on any atom is 0.160 e. The van der Waals surface area contributed by atoms with Gasteiger partial charge in [-0.2, -0.15) is 0 Å². The summed E-state index contributed by atoms with van der Waals surface area (Å²) in [6.07, 6.45) is 0. The molecule has 0 atom stereocenters. The Morgan fingerprint density at radius 2 is 0.966 bits per heavy atom. The van der Waals surface area contributed by atoms with Crippen molar-refractivity contribution < 1.29 is 0 Å². The highest BCUT2D eigenvalue weighted by molar-refractivity contribution is 7.26. The van der Waals surface area contributed by atoms with E-state index in [9.17, 15) is 0 Å². The van der Waals surface area contributed by atoms with E-state index in [-0.39, 0.29) is 0 Å². The SMILES string of the molecule is c1ccc(-c2cc(-c3ccc(-c4nc5ccccc5c5c4sc4ccccc45)c4ccccc34)nc(-c3ccc(-n4c5ccccc5c5ccccc54)cc3)n2)cc1. The summed E-state index contributed by atoms with van der Waals surface area (Å²) < 4.78 is 4.81. The zero-order valence-electron chi connectivity index (χ0n) is 31.2. The van der Waals surface area contributed by atoms with Gasteiger partial charge in [-0.1, -0.05) is 140 Å². The van der Waals surface area contributed by atoms with Crippen LogP contribution < -0.4 is 0 Å². The smallest absolute Gasteiger partial charge is 0.160 e. The maximum absolute atomic E-state index is 5.37. The van der Waals surface area contributed by atoms with E-state index in [4.69, 9.17) is 15.0 Å². The van der Waals surface area contributed by atoms with E-state index in [1.54, 1.807) is 0 Å². The van der Waals surface area contributed by atoms with Crippen molar-refractivity contribution in [3.05, 3.63) is 194 Å². The third kappa shape index (κ3) is 5.11. The molecule has 0 aliphatic heterocycles. The van der Waals surface area contributed by atoms with Crippen LogP contribution in [0, 0.1) is 0 Å². The van der Waals surface area contributed by atoms with Crippen LogP contribution in [0.4, 0.5) is 0 Å². The molecule has 270 valence electrons. The first-order valence-corrected chi connectivity index (χ1v) is 20.3. The first-order chi connectivity index (χ1) is 28.8. The van der Waals surface area contributed by atoms with Gasteiger partial charge in [-0.25, -0.2) is 15.0 Å². The lowest BCUT2D eigenvalue weighted by Crippen LogP contribution is -1.98. The second-order valence-corrected chi connectivity index (χ2v) is 15.8. The summed E-state index contributed by atoms with van der Waals surface area (Å²) in [5.74, 6) is 0.682. The summed E-state index contributed by atoms with van der Waals surface area (Å²) >= 11 is 1.82. The van der Waals surface area contributed by atoms with E-state index in [2.05, 4.69) is 193 Å². The number of nitrogens with zero attached hydrogens (tertiary/aromatic N) is 4. The predicted octanol–water partition coefficient (Wildman–Crippen LogP) is 14.3. The molecule has 0 saturated heterocycles. The van der Waals surface area contributed by atoms with Crippen LogP contribution in [0.3, 0.4) is 0 Å². The van der Waals surface area contributed by atoms with Crippen molar-refractivity contribution in [1.82, 2.24) is 19.5 Å². The molecule has 12 rings (SSSR count). The van der Waals surface area contributed by atoms with Gasteiger partial charge in [-0.3, -0.25) is 0 Å². The molecular weight excluding hydrogens is 725 g/mol. The Morgan fingerprint density at radius 3 is 1.71 bits per heavy atom. The largest absolute Gasteiger partial charge is 0.309 e. The molecule has 0 aliphatic carbocycles. The van der Waals surface area contributed by atoms with Crippen LogP contribution in [0.5, 0.6) is 0 Å². The lowest BCUT2D eigenvalue weighted by molar-refractivity contribution is 1.16. The number of para-hydroxylation sites is 3. The molecule has 4 heterocycles. The van der Waals surface area contributed by atoms with Crippen LogP contribution in [0.2, 0.25) is 0 Å². The fraction of sp³-hybridized carbons (Fsp3) is 0. The monoisotopic (exact) mass is 756 g/mol. The van der Waals surface area contributed by atoms with Gasteiger partial charge >= 0.3 is 0 Å². The standard InChI is InChI=1S/C53H32N4S/c1-2-14-33(15-3-1)45-32-46(56-53(55-45)34-26-28-35(29-27-34)57-47-23-11-7-18-39(47)40-19-8-12-24-48(40)57)38-30-31-41(37-17-5-4-16-36(37)38)51-52-50(42-20-6-10-22-44(42)54-51)43-21-9-13-25-49(43)58-52/h1-32H. The zero-order valence-corrected chi connectivity index (χ0v) is 32.0. The minimum atomic E-state index is 0.682. The van der Waals surface area contributed by atoms with Crippen LogP contribution in [0.25, 0.3) is 115 Å². The van der Waals surface area contributed by atoms with Gasteiger partial charge < -0.3 is 4.57 Å². The van der Waals surface area contributed by atoms with Gasteiger partial charge in [0.25, 0.3) is 0 Å². The lowest BCUT2D eigenvalue weighted by Gasteiger charge is -2.15. The topological polar surface area (TPSA) is 43.6 Å². The molecule has 0 fully saturated rings. The summed E-state index contributed by atoms with van der Waals surface area (Å²) in [5.41, 5.74) is 11.4. The van der Waals surface area contributed by atoms with E-state index in [1.165, 1.54) is 47.4 Å². The van der Waals surface area contributed by atoms with Crippen molar-refractivity contribution >= 4 is 75.0 Å². The average molecular weight is 757 g/mol. The number of pyridine rings is 1. The van der Waals surface area contributed by atoms with Crippen molar-refractivity contribution in [3.63, 3.8) is 0 Å². The Labute approximate surface area is 338 Å². The second-order valence-electron chi connectivity index (χ2n) is 14.7. The van der Waals surface area contributed by atoms with E-state index in [1.807, 2.05) is 17.4 Å². The molecule has 58 heavy (non-hydrogen) atoms. The van der Waals surface area contributed by atoms with Gasteiger partial charge in [0.15, 0.2) is 5.82 Å². The van der Waals surface area contributed by atoms with Gasteiger partial charge in [0.1, 0.15) is 0 Å². The Morgan fingerprint density at radius 1 is 0.397 bits per heavy atom. The normalized spacial score (nSPS) is 11.8. The molecular formula is C53H32N4S. The van der Waals surface area contributed by atoms with Crippen LogP contribution >= 0.6 is 11.3 Å². The zero-order chi connectivity index (χ0) is 38.2. The molecule has 0 radical (unpaired) electrons. The molecule has 5 heteroatoms. The fourth-order valence-corrected chi connectivity index (χ4v) is 10.00. The summed E-state index contributed by atoms with van der Waals surface area (Å²) in [6.45, 7) is 0. The van der Waals surface area contributed by atoms with E-state index in [0.29, 0.717) is 5.82 Å². The molecule has 0 N–H and O–H groups in total. The summed E-state index contributed by atoms with van der Waals surface area (Å²) in [7, 11) is 0. The fourth-order valence-electron chi connectivity index (χ4n) is 8.78. The molecule has 0 bridgehead atoms. The molecule has 8 aromatic carbocycles. The molecule has 4 aromatic heterocycles. The third-order valence-corrected chi connectivity index (χ3v) is 12.6. The van der Waals surface area contributed by atoms with E-state index in [0.717, 1.165) is 61.3 Å². The van der Waals surface area contributed by atoms with Crippen molar-refractivity contribution in [2.24, 2.45) is 0 Å². The van der Waals surface area contributed by atoms with Gasteiger partial charge in [0.05, 0.1) is 38.3 Å². The number of hydrogen-bond acceptors (Lipinski definition) is 4. The van der Waals surface area contributed by atoms with Gasteiger partial charge in [-0.05, 0) is 65.4 Å². The van der Waals surface area contributed by atoms with Crippen LogP contribution in [0.1, 0.15) is 0 Å². The number of rotatable bonds is 5. The lowest BCUT2D eigenvalue weighted by atomic mass is 9.94. The molecule has 4 nitrogen and oxygen atoms in total.